The highest BCUT2D eigenvalue weighted by Gasteiger charge is 2.21. The molecule has 0 unspecified atom stereocenters. The van der Waals surface area contributed by atoms with Gasteiger partial charge >= 0.3 is 5.88 Å². The van der Waals surface area contributed by atoms with Crippen molar-refractivity contribution in [3.63, 3.8) is 0 Å². The molecule has 3 rings (SSSR count). The lowest BCUT2D eigenvalue weighted by atomic mass is 10.2. The van der Waals surface area contributed by atoms with E-state index in [-0.39, 0.29) is 16.8 Å². The Kier molecular flexibility index (Phi) is 2.68. The van der Waals surface area contributed by atoms with Crippen LogP contribution in [-0.4, -0.2) is 24.7 Å². The number of rotatable bonds is 2. The summed E-state index contributed by atoms with van der Waals surface area (Å²) in [6, 6.07) is 2.73. The van der Waals surface area contributed by atoms with E-state index in [1.165, 1.54) is 16.8 Å². The zero-order chi connectivity index (χ0) is 14.4. The van der Waals surface area contributed by atoms with Gasteiger partial charge in [0.1, 0.15) is 21.6 Å². The van der Waals surface area contributed by atoms with Gasteiger partial charge in [0, 0.05) is 7.05 Å². The molecule has 0 bridgehead atoms. The summed E-state index contributed by atoms with van der Waals surface area (Å²) in [4.78, 5) is 18.4. The van der Waals surface area contributed by atoms with Gasteiger partial charge in [-0.25, -0.2) is 14.6 Å². The smallest absolute Gasteiger partial charge is 0.399 e. The third-order valence-electron chi connectivity index (χ3n) is 2.76. The van der Waals surface area contributed by atoms with Crippen LogP contribution in [0.3, 0.4) is 0 Å². The zero-order valence-electron chi connectivity index (χ0n) is 10.5. The average molecular weight is 294 g/mol. The molecule has 0 radical (unpaired) electrons. The Hall–Kier alpha value is -2.48. The van der Waals surface area contributed by atoms with Gasteiger partial charge in [0.2, 0.25) is 0 Å². The van der Waals surface area contributed by atoms with E-state index in [2.05, 4.69) is 15.1 Å². The van der Waals surface area contributed by atoms with Gasteiger partial charge in [-0.1, -0.05) is 11.6 Å². The summed E-state index contributed by atoms with van der Waals surface area (Å²) in [6.45, 7) is 1.72. The highest BCUT2D eigenvalue weighted by atomic mass is 35.5. The molecule has 0 amide bonds. The molecule has 8 nitrogen and oxygen atoms in total. The Morgan fingerprint density at radius 2 is 2.15 bits per heavy atom. The fourth-order valence-electron chi connectivity index (χ4n) is 1.94. The first kappa shape index (κ1) is 12.5. The average Bonchev–Trinajstić information content (AvgIpc) is 2.95. The molecule has 0 fully saturated rings. The van der Waals surface area contributed by atoms with Gasteiger partial charge in [-0.05, 0) is 13.0 Å². The van der Waals surface area contributed by atoms with Gasteiger partial charge < -0.3 is 4.42 Å². The molecule has 0 saturated heterocycles. The highest BCUT2D eigenvalue weighted by Crippen LogP contribution is 2.33. The first-order valence-electron chi connectivity index (χ1n) is 5.59. The number of hydrogen-bond donors (Lipinski definition) is 0. The van der Waals surface area contributed by atoms with Gasteiger partial charge in [0.05, 0.1) is 11.5 Å². The van der Waals surface area contributed by atoms with Crippen molar-refractivity contribution in [2.75, 3.05) is 0 Å². The van der Waals surface area contributed by atoms with E-state index in [1.54, 1.807) is 14.0 Å². The van der Waals surface area contributed by atoms with Gasteiger partial charge in [-0.2, -0.15) is 5.10 Å². The lowest BCUT2D eigenvalue weighted by molar-refractivity contribution is -0.401. The second-order valence-corrected chi connectivity index (χ2v) is 4.49. The Morgan fingerprint density at radius 1 is 1.40 bits per heavy atom. The lowest BCUT2D eigenvalue weighted by Crippen LogP contribution is -1.95. The van der Waals surface area contributed by atoms with Crippen molar-refractivity contribution in [1.29, 1.82) is 0 Å². The maximum atomic E-state index is 10.7. The summed E-state index contributed by atoms with van der Waals surface area (Å²) in [5.41, 5.74) is 0.914. The van der Waals surface area contributed by atoms with Crippen LogP contribution in [0.2, 0.25) is 5.15 Å². The minimum absolute atomic E-state index is 0.231. The maximum Gasteiger partial charge on any atom is 0.433 e. The molecule has 9 heteroatoms. The third kappa shape index (κ3) is 1.81. The van der Waals surface area contributed by atoms with E-state index >= 15 is 0 Å². The van der Waals surface area contributed by atoms with Crippen LogP contribution in [0.5, 0.6) is 0 Å². The van der Waals surface area contributed by atoms with Crippen LogP contribution in [0.4, 0.5) is 5.88 Å². The predicted molar refractivity (Wildman–Crippen MR) is 70.4 cm³/mol. The molecule has 0 spiro atoms. The fraction of sp³-hybridized carbons (Fsp3) is 0.182. The summed E-state index contributed by atoms with van der Waals surface area (Å²) in [5.74, 6) is 0.405. The van der Waals surface area contributed by atoms with Crippen LogP contribution >= 0.6 is 11.6 Å². The summed E-state index contributed by atoms with van der Waals surface area (Å²) < 4.78 is 6.68. The van der Waals surface area contributed by atoms with E-state index in [4.69, 9.17) is 16.0 Å². The Morgan fingerprint density at radius 3 is 2.80 bits per heavy atom. The van der Waals surface area contributed by atoms with Crippen molar-refractivity contribution in [3.05, 3.63) is 33.2 Å². The number of nitrogens with zero attached hydrogens (tertiary/aromatic N) is 5. The van der Waals surface area contributed by atoms with Crippen LogP contribution in [0.1, 0.15) is 5.82 Å². The Bertz CT molecular complexity index is 838. The van der Waals surface area contributed by atoms with Crippen molar-refractivity contribution in [1.82, 2.24) is 19.7 Å². The van der Waals surface area contributed by atoms with E-state index in [0.717, 1.165) is 0 Å². The molecule has 0 aliphatic heterocycles. The minimum Gasteiger partial charge on any atom is -0.399 e. The number of nitro groups is 1. The number of hydrogen-bond acceptors (Lipinski definition) is 6. The zero-order valence-corrected chi connectivity index (χ0v) is 11.2. The third-order valence-corrected chi connectivity index (χ3v) is 3.03. The van der Waals surface area contributed by atoms with Crippen molar-refractivity contribution in [2.24, 2.45) is 7.05 Å². The monoisotopic (exact) mass is 293 g/mol. The van der Waals surface area contributed by atoms with E-state index in [0.29, 0.717) is 22.6 Å². The second-order valence-electron chi connectivity index (χ2n) is 4.13. The molecule has 3 aromatic rings. The summed E-state index contributed by atoms with van der Waals surface area (Å²) in [6.07, 6.45) is 0. The molecule has 0 aliphatic carbocycles. The number of furan rings is 1. The Balaban J connectivity index is 2.28. The summed E-state index contributed by atoms with van der Waals surface area (Å²) in [5, 5.41) is 15.6. The molecular formula is C11H8ClN5O3. The van der Waals surface area contributed by atoms with E-state index in [9.17, 15) is 10.1 Å². The largest absolute Gasteiger partial charge is 0.433 e. The van der Waals surface area contributed by atoms with Crippen LogP contribution < -0.4 is 0 Å². The molecule has 3 aromatic heterocycles. The van der Waals surface area contributed by atoms with Gasteiger partial charge in [-0.3, -0.25) is 10.1 Å². The standard InChI is InChI=1S/C11H8ClN5O3/c1-5-13-10(12)8-9(15-16(2)11(8)14-5)6-3-4-7(20-6)17(18)19/h3-4H,1-2H3. The predicted octanol–water partition coefficient (Wildman–Crippen LogP) is 2.49. The van der Waals surface area contributed by atoms with Crippen molar-refractivity contribution < 1.29 is 9.34 Å². The molecule has 102 valence electrons. The molecule has 0 aromatic carbocycles. The minimum atomic E-state index is -0.614. The quantitative estimate of drug-likeness (QED) is 0.409. The first-order valence-corrected chi connectivity index (χ1v) is 5.96. The lowest BCUT2D eigenvalue weighted by Gasteiger charge is -1.97. The fourth-order valence-corrected chi connectivity index (χ4v) is 2.23. The molecule has 0 aliphatic rings. The Labute approximate surface area is 117 Å². The first-order chi connectivity index (χ1) is 9.47. The molecule has 20 heavy (non-hydrogen) atoms. The summed E-state index contributed by atoms with van der Waals surface area (Å²) in [7, 11) is 1.70. The highest BCUT2D eigenvalue weighted by molar-refractivity contribution is 6.35. The van der Waals surface area contributed by atoms with Crippen LogP contribution in [0.15, 0.2) is 16.5 Å². The van der Waals surface area contributed by atoms with Gasteiger partial charge in [0.15, 0.2) is 11.4 Å². The molecule has 0 atom stereocenters. The maximum absolute atomic E-state index is 10.7. The van der Waals surface area contributed by atoms with Crippen LogP contribution in [0.25, 0.3) is 22.5 Å². The van der Waals surface area contributed by atoms with E-state index in [1.807, 2.05) is 0 Å². The topological polar surface area (TPSA) is 99.9 Å². The second kappa shape index (κ2) is 4.27. The van der Waals surface area contributed by atoms with Gasteiger partial charge in [-0.15, -0.1) is 0 Å². The number of aryl methyl sites for hydroxylation is 2. The molecule has 0 saturated carbocycles. The number of halogens is 1. The van der Waals surface area contributed by atoms with Crippen LogP contribution in [-0.2, 0) is 7.05 Å². The molecular weight excluding hydrogens is 286 g/mol. The molecule has 3 heterocycles. The number of aromatic nitrogens is 4. The van der Waals surface area contributed by atoms with Crippen molar-refractivity contribution in [2.45, 2.75) is 6.92 Å². The SMILES string of the molecule is Cc1nc(Cl)c2c(-c3ccc([N+](=O)[O-])o3)nn(C)c2n1. The molecule has 0 N–H and O–H groups in total. The summed E-state index contributed by atoms with van der Waals surface area (Å²) >= 11 is 6.12. The van der Waals surface area contributed by atoms with Crippen molar-refractivity contribution >= 4 is 28.5 Å². The van der Waals surface area contributed by atoms with Gasteiger partial charge in [0.25, 0.3) is 0 Å². The van der Waals surface area contributed by atoms with Crippen molar-refractivity contribution in [3.8, 4) is 11.5 Å². The number of fused-ring (bicyclic) bond motifs is 1. The van der Waals surface area contributed by atoms with Crippen LogP contribution in [0, 0.1) is 17.0 Å². The normalized spacial score (nSPS) is 11.2. The van der Waals surface area contributed by atoms with E-state index < -0.39 is 4.92 Å².